The van der Waals surface area contributed by atoms with Crippen molar-refractivity contribution in [3.8, 4) is 0 Å². The number of aryl methyl sites for hydroxylation is 2. The van der Waals surface area contributed by atoms with Crippen molar-refractivity contribution in [2.24, 2.45) is 0 Å². The fourth-order valence-electron chi connectivity index (χ4n) is 4.34. The number of rotatable bonds is 7. The number of fused-ring (bicyclic) bond motifs is 1. The van der Waals surface area contributed by atoms with Crippen LogP contribution in [0.4, 0.5) is 0 Å². The van der Waals surface area contributed by atoms with E-state index in [1.807, 2.05) is 26.0 Å². The van der Waals surface area contributed by atoms with E-state index in [0.29, 0.717) is 17.7 Å². The van der Waals surface area contributed by atoms with E-state index in [-0.39, 0.29) is 35.2 Å². The standard InChI is InChI=1S/C25H28N2O6S/c1-16-10-17(2)22-13-19(24(28)26-23(22)11-16)14-27(15-20-7-5-9-33-20)34(30,31)21-8-4-6-18(12-21)25(29)32-3/h4,6,8,10-13,20H,5,7,9,14-15H2,1-3H3,(H,26,28). The number of carbonyl (C=O) groups excluding carboxylic acids is 1. The van der Waals surface area contributed by atoms with E-state index in [9.17, 15) is 18.0 Å². The topological polar surface area (TPSA) is 106 Å². The van der Waals surface area contributed by atoms with E-state index in [1.165, 1.54) is 35.7 Å². The van der Waals surface area contributed by atoms with Crippen LogP contribution in [0.2, 0.25) is 0 Å². The molecular weight excluding hydrogens is 456 g/mol. The minimum absolute atomic E-state index is 0.0441. The molecule has 1 fully saturated rings. The highest BCUT2D eigenvalue weighted by Crippen LogP contribution is 2.24. The van der Waals surface area contributed by atoms with E-state index in [0.717, 1.165) is 29.4 Å². The molecule has 34 heavy (non-hydrogen) atoms. The summed E-state index contributed by atoms with van der Waals surface area (Å²) in [7, 11) is -2.81. The van der Waals surface area contributed by atoms with Gasteiger partial charge in [-0.05, 0) is 68.1 Å². The maximum atomic E-state index is 13.7. The van der Waals surface area contributed by atoms with Crippen LogP contribution >= 0.6 is 0 Å². The number of ether oxygens (including phenoxy) is 2. The Labute approximate surface area is 198 Å². The first-order chi connectivity index (χ1) is 16.2. The molecule has 0 aliphatic carbocycles. The Hall–Kier alpha value is -3.01. The Morgan fingerprint density at radius 3 is 2.71 bits per heavy atom. The van der Waals surface area contributed by atoms with Crippen LogP contribution in [0.1, 0.15) is 39.9 Å². The third-order valence-electron chi connectivity index (χ3n) is 6.06. The summed E-state index contributed by atoms with van der Waals surface area (Å²) in [6.07, 6.45) is 1.33. The molecule has 1 N–H and O–H groups in total. The van der Waals surface area contributed by atoms with Gasteiger partial charge in [0.15, 0.2) is 0 Å². The van der Waals surface area contributed by atoms with Crippen LogP contribution in [0.5, 0.6) is 0 Å². The van der Waals surface area contributed by atoms with Crippen molar-refractivity contribution in [3.05, 3.63) is 75.1 Å². The molecule has 0 radical (unpaired) electrons. The second kappa shape index (κ2) is 9.69. The van der Waals surface area contributed by atoms with Crippen LogP contribution in [0.15, 0.2) is 52.2 Å². The molecule has 1 aromatic heterocycles. The van der Waals surface area contributed by atoms with Crippen LogP contribution in [0.3, 0.4) is 0 Å². The van der Waals surface area contributed by atoms with Gasteiger partial charge in [0.05, 0.1) is 23.7 Å². The van der Waals surface area contributed by atoms with E-state index in [2.05, 4.69) is 4.98 Å². The Morgan fingerprint density at radius 1 is 1.21 bits per heavy atom. The zero-order valence-corrected chi connectivity index (χ0v) is 20.3. The number of aromatic amines is 1. The summed E-state index contributed by atoms with van der Waals surface area (Å²) < 4.78 is 39.1. The van der Waals surface area contributed by atoms with Gasteiger partial charge < -0.3 is 14.5 Å². The molecular formula is C25H28N2O6S. The van der Waals surface area contributed by atoms with Gasteiger partial charge in [-0.1, -0.05) is 12.1 Å². The molecule has 180 valence electrons. The molecule has 2 heterocycles. The van der Waals surface area contributed by atoms with Crippen molar-refractivity contribution in [3.63, 3.8) is 0 Å². The van der Waals surface area contributed by atoms with Crippen molar-refractivity contribution >= 4 is 26.9 Å². The first kappa shape index (κ1) is 24.1. The summed E-state index contributed by atoms with van der Waals surface area (Å²) in [5.74, 6) is -0.625. The summed E-state index contributed by atoms with van der Waals surface area (Å²) in [6.45, 7) is 4.47. The summed E-state index contributed by atoms with van der Waals surface area (Å²) >= 11 is 0. The molecule has 1 atom stereocenters. The minimum atomic E-state index is -4.05. The number of hydrogen-bond donors (Lipinski definition) is 1. The second-order valence-electron chi connectivity index (χ2n) is 8.62. The highest BCUT2D eigenvalue weighted by molar-refractivity contribution is 7.89. The number of aromatic nitrogens is 1. The number of hydrogen-bond acceptors (Lipinski definition) is 6. The van der Waals surface area contributed by atoms with Gasteiger partial charge in [0.1, 0.15) is 0 Å². The molecule has 3 aromatic rings. The van der Waals surface area contributed by atoms with Crippen molar-refractivity contribution in [2.45, 2.75) is 44.2 Å². The van der Waals surface area contributed by atoms with E-state index < -0.39 is 16.0 Å². The van der Waals surface area contributed by atoms with E-state index in [1.54, 1.807) is 6.07 Å². The Balaban J connectivity index is 1.76. The lowest BCUT2D eigenvalue weighted by Gasteiger charge is -2.25. The number of pyridine rings is 1. The molecule has 1 aliphatic rings. The van der Waals surface area contributed by atoms with Gasteiger partial charge in [0, 0.05) is 36.2 Å². The number of esters is 1. The fraction of sp³-hybridized carbons (Fsp3) is 0.360. The van der Waals surface area contributed by atoms with Crippen LogP contribution < -0.4 is 5.56 Å². The quantitative estimate of drug-likeness (QED) is 0.516. The number of nitrogens with one attached hydrogen (secondary N) is 1. The van der Waals surface area contributed by atoms with Gasteiger partial charge in [0.2, 0.25) is 10.0 Å². The zero-order valence-electron chi connectivity index (χ0n) is 19.5. The molecule has 1 unspecified atom stereocenters. The highest BCUT2D eigenvalue weighted by atomic mass is 32.2. The van der Waals surface area contributed by atoms with Gasteiger partial charge in [-0.3, -0.25) is 4.79 Å². The molecule has 9 heteroatoms. The van der Waals surface area contributed by atoms with Gasteiger partial charge in [-0.15, -0.1) is 0 Å². The highest BCUT2D eigenvalue weighted by Gasteiger charge is 2.30. The third-order valence-corrected chi connectivity index (χ3v) is 7.87. The van der Waals surface area contributed by atoms with Gasteiger partial charge in [-0.2, -0.15) is 4.31 Å². The minimum Gasteiger partial charge on any atom is -0.465 e. The monoisotopic (exact) mass is 484 g/mol. The number of nitrogens with zero attached hydrogens (tertiary/aromatic N) is 1. The van der Waals surface area contributed by atoms with Crippen molar-refractivity contribution in [1.29, 1.82) is 0 Å². The summed E-state index contributed by atoms with van der Waals surface area (Å²) in [4.78, 5) is 27.7. The molecule has 0 amide bonds. The second-order valence-corrected chi connectivity index (χ2v) is 10.6. The fourth-order valence-corrected chi connectivity index (χ4v) is 5.83. The first-order valence-corrected chi connectivity index (χ1v) is 12.6. The van der Waals surface area contributed by atoms with Gasteiger partial charge in [0.25, 0.3) is 5.56 Å². The predicted molar refractivity (Wildman–Crippen MR) is 128 cm³/mol. The number of methoxy groups -OCH3 is 1. The molecule has 2 aromatic carbocycles. The number of sulfonamides is 1. The van der Waals surface area contributed by atoms with Crippen molar-refractivity contribution < 1.29 is 22.7 Å². The zero-order chi connectivity index (χ0) is 24.5. The molecule has 8 nitrogen and oxygen atoms in total. The van der Waals surface area contributed by atoms with Gasteiger partial charge in [-0.25, -0.2) is 13.2 Å². The van der Waals surface area contributed by atoms with Crippen LogP contribution in [0.25, 0.3) is 10.9 Å². The SMILES string of the molecule is COC(=O)c1cccc(S(=O)(=O)N(Cc2cc3c(C)cc(C)cc3[nH]c2=O)CC2CCCO2)c1. The summed E-state index contributed by atoms with van der Waals surface area (Å²) in [5, 5.41) is 0.863. The Kier molecular flexibility index (Phi) is 6.88. The van der Waals surface area contributed by atoms with E-state index >= 15 is 0 Å². The van der Waals surface area contributed by atoms with Crippen LogP contribution in [-0.2, 0) is 26.0 Å². The van der Waals surface area contributed by atoms with Crippen LogP contribution in [0, 0.1) is 13.8 Å². The summed E-state index contributed by atoms with van der Waals surface area (Å²) in [6, 6.07) is 11.4. The maximum Gasteiger partial charge on any atom is 0.337 e. The maximum absolute atomic E-state index is 13.7. The molecule has 0 spiro atoms. The van der Waals surface area contributed by atoms with Crippen molar-refractivity contribution in [2.75, 3.05) is 20.3 Å². The normalized spacial score (nSPS) is 16.3. The largest absolute Gasteiger partial charge is 0.465 e. The van der Waals surface area contributed by atoms with Crippen molar-refractivity contribution in [1.82, 2.24) is 9.29 Å². The molecule has 0 bridgehead atoms. The lowest BCUT2D eigenvalue weighted by Crippen LogP contribution is -2.38. The Morgan fingerprint density at radius 2 is 2.00 bits per heavy atom. The third kappa shape index (κ3) is 4.91. The predicted octanol–water partition coefficient (Wildman–Crippen LogP) is 3.30. The average Bonchev–Trinajstić information content (AvgIpc) is 3.32. The first-order valence-electron chi connectivity index (χ1n) is 11.1. The lowest BCUT2D eigenvalue weighted by molar-refractivity contribution is 0.0600. The smallest absolute Gasteiger partial charge is 0.337 e. The van der Waals surface area contributed by atoms with E-state index in [4.69, 9.17) is 9.47 Å². The summed E-state index contributed by atoms with van der Waals surface area (Å²) in [5.41, 5.74) is 2.87. The van der Waals surface area contributed by atoms with Crippen LogP contribution in [-0.4, -0.2) is 50.0 Å². The molecule has 1 aliphatic heterocycles. The van der Waals surface area contributed by atoms with Gasteiger partial charge >= 0.3 is 5.97 Å². The molecule has 0 saturated carbocycles. The lowest BCUT2D eigenvalue weighted by atomic mass is 10.0. The number of benzene rings is 2. The molecule has 1 saturated heterocycles. The molecule has 4 rings (SSSR count). The average molecular weight is 485 g/mol. The Bertz CT molecular complexity index is 1390. The number of H-pyrrole nitrogens is 1. The number of carbonyl (C=O) groups is 1.